The van der Waals surface area contributed by atoms with E-state index in [1.807, 2.05) is 32.0 Å². The third-order valence-electron chi connectivity index (χ3n) is 2.85. The van der Waals surface area contributed by atoms with Crippen LogP contribution in [0, 0.1) is 19.8 Å². The predicted molar refractivity (Wildman–Crippen MR) is 71.7 cm³/mol. The molecular formula is C14H19N2O3-. The van der Waals surface area contributed by atoms with Gasteiger partial charge in [-0.1, -0.05) is 26.0 Å². The highest BCUT2D eigenvalue weighted by Crippen LogP contribution is 2.16. The molecule has 0 saturated carbocycles. The van der Waals surface area contributed by atoms with Crippen LogP contribution < -0.4 is 15.7 Å². The Morgan fingerprint density at radius 1 is 1.21 bits per heavy atom. The third kappa shape index (κ3) is 4.28. The van der Waals surface area contributed by atoms with Gasteiger partial charge >= 0.3 is 6.03 Å². The second-order valence-corrected chi connectivity index (χ2v) is 4.96. The number of rotatable bonds is 4. The van der Waals surface area contributed by atoms with E-state index < -0.39 is 18.0 Å². The number of hydrogen-bond acceptors (Lipinski definition) is 3. The van der Waals surface area contributed by atoms with Crippen LogP contribution in [0.2, 0.25) is 0 Å². The van der Waals surface area contributed by atoms with E-state index >= 15 is 0 Å². The fourth-order valence-corrected chi connectivity index (χ4v) is 1.67. The van der Waals surface area contributed by atoms with Crippen LogP contribution in [-0.2, 0) is 4.79 Å². The van der Waals surface area contributed by atoms with Crippen molar-refractivity contribution in [3.63, 3.8) is 0 Å². The number of carbonyl (C=O) groups is 2. The Kier molecular flexibility index (Phi) is 4.92. The molecule has 0 spiro atoms. The summed E-state index contributed by atoms with van der Waals surface area (Å²) in [4.78, 5) is 22.7. The first-order valence-electron chi connectivity index (χ1n) is 6.17. The molecule has 0 saturated heterocycles. The van der Waals surface area contributed by atoms with E-state index in [9.17, 15) is 14.7 Å². The van der Waals surface area contributed by atoms with Gasteiger partial charge in [0.05, 0.1) is 12.0 Å². The highest BCUT2D eigenvalue weighted by Gasteiger charge is 2.17. The summed E-state index contributed by atoms with van der Waals surface area (Å²) in [5.74, 6) is -1.53. The van der Waals surface area contributed by atoms with Gasteiger partial charge in [0.15, 0.2) is 0 Å². The maximum atomic E-state index is 11.8. The molecule has 1 aromatic rings. The van der Waals surface area contributed by atoms with Crippen molar-refractivity contribution in [1.29, 1.82) is 0 Å². The molecule has 2 N–H and O–H groups in total. The quantitative estimate of drug-likeness (QED) is 0.856. The van der Waals surface area contributed by atoms with Gasteiger partial charge in [-0.15, -0.1) is 0 Å². The molecule has 5 nitrogen and oxygen atoms in total. The molecule has 0 unspecified atom stereocenters. The largest absolute Gasteiger partial charge is 0.548 e. The molecule has 1 aromatic carbocycles. The smallest absolute Gasteiger partial charge is 0.319 e. The van der Waals surface area contributed by atoms with Crippen LogP contribution in [0.15, 0.2) is 18.2 Å². The third-order valence-corrected chi connectivity index (χ3v) is 2.85. The molecule has 0 heterocycles. The Bertz CT molecular complexity index is 484. The average Bonchev–Trinajstić information content (AvgIpc) is 2.30. The summed E-state index contributed by atoms with van der Waals surface area (Å²) in [7, 11) is 0. The van der Waals surface area contributed by atoms with Crippen LogP contribution in [0.3, 0.4) is 0 Å². The Balaban J connectivity index is 2.74. The molecule has 0 aliphatic rings. The van der Waals surface area contributed by atoms with Crippen molar-refractivity contribution < 1.29 is 14.7 Å². The van der Waals surface area contributed by atoms with Crippen LogP contribution in [0.5, 0.6) is 0 Å². The molecule has 0 aliphatic carbocycles. The predicted octanol–water partition coefficient (Wildman–Crippen LogP) is 1.20. The zero-order chi connectivity index (χ0) is 14.6. The molecule has 0 aromatic heterocycles. The lowest BCUT2D eigenvalue weighted by Crippen LogP contribution is -2.52. The van der Waals surface area contributed by atoms with E-state index in [0.29, 0.717) is 5.69 Å². The minimum absolute atomic E-state index is 0.241. The second kappa shape index (κ2) is 6.22. The summed E-state index contributed by atoms with van der Waals surface area (Å²) in [6.07, 6.45) is 0. The molecule has 0 fully saturated rings. The maximum absolute atomic E-state index is 11.8. The van der Waals surface area contributed by atoms with Gasteiger partial charge in [-0.25, -0.2) is 4.79 Å². The number of benzene rings is 1. The molecule has 104 valence electrons. The number of urea groups is 1. The Hall–Kier alpha value is -2.04. The van der Waals surface area contributed by atoms with Gasteiger partial charge in [0.25, 0.3) is 0 Å². The molecule has 0 bridgehead atoms. The van der Waals surface area contributed by atoms with Crippen molar-refractivity contribution in [2.24, 2.45) is 5.92 Å². The van der Waals surface area contributed by atoms with E-state index in [1.54, 1.807) is 13.8 Å². The fraction of sp³-hybridized carbons (Fsp3) is 0.429. The number of carboxylic acid groups (broad SMARTS) is 1. The number of aryl methyl sites for hydroxylation is 2. The summed E-state index contributed by atoms with van der Waals surface area (Å²) < 4.78 is 0. The van der Waals surface area contributed by atoms with Gasteiger partial charge in [0.2, 0.25) is 0 Å². The van der Waals surface area contributed by atoms with Crippen molar-refractivity contribution in [2.75, 3.05) is 5.32 Å². The standard InChI is InChI=1S/C14H20N2O3/c1-8(2)12(13(17)18)16-14(19)15-11-7-9(3)5-6-10(11)4/h5-8,12H,1-4H3,(H,17,18)(H2,15,16,19)/p-1/t12-/m0/s1. The SMILES string of the molecule is Cc1ccc(C)c(NC(=O)N[C@H](C(=O)[O-])C(C)C)c1. The first-order valence-corrected chi connectivity index (χ1v) is 6.17. The zero-order valence-corrected chi connectivity index (χ0v) is 11.6. The first-order chi connectivity index (χ1) is 8.81. The van der Waals surface area contributed by atoms with Crippen LogP contribution >= 0.6 is 0 Å². The number of aliphatic carboxylic acids is 1. The van der Waals surface area contributed by atoms with Gasteiger partial charge in [-0.05, 0) is 37.0 Å². The average molecular weight is 263 g/mol. The Labute approximate surface area is 113 Å². The molecule has 5 heteroatoms. The number of nitrogens with one attached hydrogen (secondary N) is 2. The van der Waals surface area contributed by atoms with E-state index in [2.05, 4.69) is 10.6 Å². The molecular weight excluding hydrogens is 244 g/mol. The maximum Gasteiger partial charge on any atom is 0.319 e. The molecule has 1 atom stereocenters. The number of carbonyl (C=O) groups excluding carboxylic acids is 2. The fourth-order valence-electron chi connectivity index (χ4n) is 1.67. The normalized spacial score (nSPS) is 12.1. The highest BCUT2D eigenvalue weighted by atomic mass is 16.4. The van der Waals surface area contributed by atoms with Crippen LogP contribution in [0.25, 0.3) is 0 Å². The number of hydrogen-bond donors (Lipinski definition) is 2. The van der Waals surface area contributed by atoms with Crippen LogP contribution in [0.4, 0.5) is 10.5 Å². The molecule has 19 heavy (non-hydrogen) atoms. The lowest BCUT2D eigenvalue weighted by molar-refractivity contribution is -0.309. The summed E-state index contributed by atoms with van der Waals surface area (Å²) in [5, 5.41) is 15.9. The van der Waals surface area contributed by atoms with Gasteiger partial charge < -0.3 is 20.5 Å². The lowest BCUT2D eigenvalue weighted by Gasteiger charge is -2.23. The monoisotopic (exact) mass is 263 g/mol. The molecule has 0 aliphatic heterocycles. The number of anilines is 1. The molecule has 0 radical (unpaired) electrons. The minimum atomic E-state index is -1.29. The second-order valence-electron chi connectivity index (χ2n) is 4.96. The minimum Gasteiger partial charge on any atom is -0.548 e. The lowest BCUT2D eigenvalue weighted by atomic mass is 10.1. The van der Waals surface area contributed by atoms with Gasteiger partial charge in [-0.3, -0.25) is 0 Å². The van der Waals surface area contributed by atoms with Crippen molar-refractivity contribution in [3.05, 3.63) is 29.3 Å². The van der Waals surface area contributed by atoms with Crippen LogP contribution in [0.1, 0.15) is 25.0 Å². The van der Waals surface area contributed by atoms with Crippen molar-refractivity contribution >= 4 is 17.7 Å². The Morgan fingerprint density at radius 2 is 1.84 bits per heavy atom. The summed E-state index contributed by atoms with van der Waals surface area (Å²) >= 11 is 0. The Morgan fingerprint density at radius 3 is 2.37 bits per heavy atom. The molecule has 1 rings (SSSR count). The van der Waals surface area contributed by atoms with E-state index in [4.69, 9.17) is 0 Å². The molecule has 2 amide bonds. The topological polar surface area (TPSA) is 81.3 Å². The summed E-state index contributed by atoms with van der Waals surface area (Å²) in [6.45, 7) is 7.20. The van der Waals surface area contributed by atoms with Gasteiger partial charge in [0, 0.05) is 5.69 Å². The van der Waals surface area contributed by atoms with E-state index in [-0.39, 0.29) is 5.92 Å². The van der Waals surface area contributed by atoms with Gasteiger partial charge in [0.1, 0.15) is 0 Å². The number of amides is 2. The summed E-state index contributed by atoms with van der Waals surface area (Å²) in [5.41, 5.74) is 2.59. The summed E-state index contributed by atoms with van der Waals surface area (Å²) in [6, 6.07) is 4.11. The number of carboxylic acids is 1. The van der Waals surface area contributed by atoms with Crippen molar-refractivity contribution in [2.45, 2.75) is 33.7 Å². The van der Waals surface area contributed by atoms with Gasteiger partial charge in [-0.2, -0.15) is 0 Å². The highest BCUT2D eigenvalue weighted by molar-refractivity contribution is 5.92. The zero-order valence-electron chi connectivity index (χ0n) is 11.6. The van der Waals surface area contributed by atoms with Crippen LogP contribution in [-0.4, -0.2) is 18.0 Å². The van der Waals surface area contributed by atoms with Crippen molar-refractivity contribution in [1.82, 2.24) is 5.32 Å². The van der Waals surface area contributed by atoms with Crippen molar-refractivity contribution in [3.8, 4) is 0 Å². The van der Waals surface area contributed by atoms with E-state index in [1.165, 1.54) is 0 Å². The first kappa shape index (κ1) is 15.0. The van der Waals surface area contributed by atoms with E-state index in [0.717, 1.165) is 11.1 Å².